The van der Waals surface area contributed by atoms with Gasteiger partial charge in [-0.2, -0.15) is 0 Å². The molecular formula is C13H28N2. The van der Waals surface area contributed by atoms with Crippen molar-refractivity contribution in [1.29, 1.82) is 0 Å². The Morgan fingerprint density at radius 3 is 2.20 bits per heavy atom. The molecule has 2 nitrogen and oxygen atoms in total. The van der Waals surface area contributed by atoms with Gasteiger partial charge in [0.05, 0.1) is 0 Å². The van der Waals surface area contributed by atoms with Crippen molar-refractivity contribution in [3.63, 3.8) is 0 Å². The van der Waals surface area contributed by atoms with Crippen molar-refractivity contribution in [3.8, 4) is 0 Å². The van der Waals surface area contributed by atoms with Crippen LogP contribution in [0.15, 0.2) is 0 Å². The number of hydrogen-bond donors (Lipinski definition) is 1. The summed E-state index contributed by atoms with van der Waals surface area (Å²) in [5.41, 5.74) is 5.91. The van der Waals surface area contributed by atoms with Crippen molar-refractivity contribution in [2.45, 2.75) is 46.1 Å². The molecule has 1 aliphatic rings. The zero-order chi connectivity index (χ0) is 11.4. The molecule has 0 aromatic heterocycles. The summed E-state index contributed by atoms with van der Waals surface area (Å²) < 4.78 is 0. The minimum atomic E-state index is 0.591. The maximum atomic E-state index is 5.91. The maximum absolute atomic E-state index is 5.91. The molecule has 1 aliphatic carbocycles. The van der Waals surface area contributed by atoms with E-state index in [1.807, 2.05) is 0 Å². The fraction of sp³-hybridized carbons (Fsp3) is 1.00. The Morgan fingerprint density at radius 2 is 1.87 bits per heavy atom. The van der Waals surface area contributed by atoms with Crippen LogP contribution in [0.2, 0.25) is 0 Å². The molecule has 0 heterocycles. The van der Waals surface area contributed by atoms with E-state index >= 15 is 0 Å². The Labute approximate surface area is 95.2 Å². The highest BCUT2D eigenvalue weighted by Crippen LogP contribution is 2.38. The van der Waals surface area contributed by atoms with Gasteiger partial charge in [0.15, 0.2) is 0 Å². The van der Waals surface area contributed by atoms with Gasteiger partial charge in [-0.15, -0.1) is 0 Å². The van der Waals surface area contributed by atoms with Crippen molar-refractivity contribution in [2.24, 2.45) is 23.5 Å². The monoisotopic (exact) mass is 212 g/mol. The average molecular weight is 212 g/mol. The van der Waals surface area contributed by atoms with Gasteiger partial charge in [0.25, 0.3) is 0 Å². The second-order valence-corrected chi connectivity index (χ2v) is 5.29. The van der Waals surface area contributed by atoms with Gasteiger partial charge in [-0.3, -0.25) is 0 Å². The first kappa shape index (κ1) is 13.0. The summed E-state index contributed by atoms with van der Waals surface area (Å²) in [7, 11) is 2.25. The van der Waals surface area contributed by atoms with Crippen LogP contribution in [0.3, 0.4) is 0 Å². The van der Waals surface area contributed by atoms with Gasteiger partial charge in [-0.25, -0.2) is 0 Å². The highest BCUT2D eigenvalue weighted by molar-refractivity contribution is 4.87. The normalized spacial score (nSPS) is 27.4. The largest absolute Gasteiger partial charge is 0.329 e. The number of hydrogen-bond acceptors (Lipinski definition) is 2. The molecule has 0 saturated heterocycles. The van der Waals surface area contributed by atoms with Gasteiger partial charge in [0.1, 0.15) is 0 Å². The third kappa shape index (κ3) is 3.46. The predicted molar refractivity (Wildman–Crippen MR) is 66.8 cm³/mol. The lowest BCUT2D eigenvalue weighted by Crippen LogP contribution is -2.44. The van der Waals surface area contributed by atoms with Gasteiger partial charge in [0.2, 0.25) is 0 Å². The van der Waals surface area contributed by atoms with E-state index in [-0.39, 0.29) is 0 Å². The minimum Gasteiger partial charge on any atom is -0.329 e. The number of rotatable bonds is 7. The first-order chi connectivity index (χ1) is 7.13. The maximum Gasteiger partial charge on any atom is 0.0243 e. The highest BCUT2D eigenvalue weighted by Gasteiger charge is 2.35. The van der Waals surface area contributed by atoms with Gasteiger partial charge >= 0.3 is 0 Å². The second kappa shape index (κ2) is 5.86. The van der Waals surface area contributed by atoms with Crippen molar-refractivity contribution in [2.75, 3.05) is 20.1 Å². The minimum absolute atomic E-state index is 0.591. The van der Waals surface area contributed by atoms with Gasteiger partial charge < -0.3 is 10.6 Å². The summed E-state index contributed by atoms with van der Waals surface area (Å²) in [5.74, 6) is 2.67. The molecule has 15 heavy (non-hydrogen) atoms. The molecule has 2 heteroatoms. The van der Waals surface area contributed by atoms with E-state index in [0.717, 1.165) is 24.3 Å². The average Bonchev–Trinajstić information content (AvgIpc) is 2.90. The van der Waals surface area contributed by atoms with Crippen LogP contribution in [-0.2, 0) is 0 Å². The van der Waals surface area contributed by atoms with Gasteiger partial charge in [-0.05, 0) is 31.2 Å². The molecule has 0 amide bonds. The van der Waals surface area contributed by atoms with Crippen LogP contribution in [0, 0.1) is 17.8 Å². The fourth-order valence-corrected chi connectivity index (χ4v) is 2.72. The molecule has 90 valence electrons. The summed E-state index contributed by atoms with van der Waals surface area (Å²) in [5, 5.41) is 0. The van der Waals surface area contributed by atoms with Crippen molar-refractivity contribution in [3.05, 3.63) is 0 Å². The summed E-state index contributed by atoms with van der Waals surface area (Å²) in [6, 6.07) is 0.591. The molecule has 0 aromatic rings. The van der Waals surface area contributed by atoms with E-state index < -0.39 is 0 Å². The Hall–Kier alpha value is -0.0800. The number of likely N-dealkylation sites (N-methyl/N-ethyl adjacent to an activating group) is 1. The quantitative estimate of drug-likeness (QED) is 0.702. The standard InChI is InChI=1S/C13H28N2/c1-5-11(6-2)13(8-14)15(4)9-12-7-10(12)3/h10-13H,5-9,14H2,1-4H3. The van der Waals surface area contributed by atoms with Crippen LogP contribution in [0.25, 0.3) is 0 Å². The van der Waals surface area contributed by atoms with E-state index in [2.05, 4.69) is 32.7 Å². The zero-order valence-electron chi connectivity index (χ0n) is 10.9. The molecule has 3 atom stereocenters. The summed E-state index contributed by atoms with van der Waals surface area (Å²) in [6.45, 7) is 8.98. The first-order valence-electron chi connectivity index (χ1n) is 6.54. The van der Waals surface area contributed by atoms with E-state index in [1.165, 1.54) is 25.8 Å². The topological polar surface area (TPSA) is 29.3 Å². The lowest BCUT2D eigenvalue weighted by Gasteiger charge is -2.33. The molecule has 0 spiro atoms. The van der Waals surface area contributed by atoms with Crippen LogP contribution in [0.1, 0.15) is 40.0 Å². The Bertz CT molecular complexity index is 177. The molecule has 1 rings (SSSR count). The third-order valence-electron chi connectivity index (χ3n) is 4.20. The Morgan fingerprint density at radius 1 is 1.33 bits per heavy atom. The summed E-state index contributed by atoms with van der Waals surface area (Å²) in [6.07, 6.45) is 3.93. The number of nitrogens with two attached hydrogens (primary N) is 1. The smallest absolute Gasteiger partial charge is 0.0243 e. The molecule has 1 fully saturated rings. The molecular weight excluding hydrogens is 184 g/mol. The second-order valence-electron chi connectivity index (χ2n) is 5.29. The molecule has 0 radical (unpaired) electrons. The van der Waals surface area contributed by atoms with Gasteiger partial charge in [0, 0.05) is 19.1 Å². The van der Waals surface area contributed by atoms with E-state index in [9.17, 15) is 0 Å². The Kier molecular flexibility index (Phi) is 5.07. The molecule has 0 aromatic carbocycles. The lowest BCUT2D eigenvalue weighted by molar-refractivity contribution is 0.164. The summed E-state index contributed by atoms with van der Waals surface area (Å²) >= 11 is 0. The third-order valence-corrected chi connectivity index (χ3v) is 4.20. The first-order valence-corrected chi connectivity index (χ1v) is 6.54. The molecule has 1 saturated carbocycles. The molecule has 3 unspecified atom stereocenters. The van der Waals surface area contributed by atoms with Crippen molar-refractivity contribution < 1.29 is 0 Å². The fourth-order valence-electron chi connectivity index (χ4n) is 2.72. The van der Waals surface area contributed by atoms with Crippen LogP contribution in [-0.4, -0.2) is 31.1 Å². The molecule has 2 N–H and O–H groups in total. The zero-order valence-corrected chi connectivity index (χ0v) is 10.9. The van der Waals surface area contributed by atoms with Crippen LogP contribution >= 0.6 is 0 Å². The van der Waals surface area contributed by atoms with Crippen molar-refractivity contribution in [1.82, 2.24) is 4.90 Å². The van der Waals surface area contributed by atoms with Crippen LogP contribution < -0.4 is 5.73 Å². The Balaban J connectivity index is 2.41. The van der Waals surface area contributed by atoms with Crippen LogP contribution in [0.4, 0.5) is 0 Å². The van der Waals surface area contributed by atoms with Gasteiger partial charge in [-0.1, -0.05) is 33.6 Å². The SMILES string of the molecule is CCC(CC)C(CN)N(C)CC1CC1C. The van der Waals surface area contributed by atoms with Crippen LogP contribution in [0.5, 0.6) is 0 Å². The highest BCUT2D eigenvalue weighted by atomic mass is 15.1. The number of nitrogens with zero attached hydrogens (tertiary/aromatic N) is 1. The van der Waals surface area contributed by atoms with E-state index in [0.29, 0.717) is 6.04 Å². The molecule has 0 aliphatic heterocycles. The van der Waals surface area contributed by atoms with Crippen molar-refractivity contribution >= 4 is 0 Å². The lowest BCUT2D eigenvalue weighted by atomic mass is 9.93. The van der Waals surface area contributed by atoms with E-state index in [1.54, 1.807) is 0 Å². The summed E-state index contributed by atoms with van der Waals surface area (Å²) in [4.78, 5) is 2.51. The van der Waals surface area contributed by atoms with E-state index in [4.69, 9.17) is 5.73 Å². The molecule has 0 bridgehead atoms. The predicted octanol–water partition coefficient (Wildman–Crippen LogP) is 2.34.